The summed E-state index contributed by atoms with van der Waals surface area (Å²) in [6.07, 6.45) is 4.50. The highest BCUT2D eigenvalue weighted by Gasteiger charge is 2.88. The van der Waals surface area contributed by atoms with Crippen molar-refractivity contribution in [1.29, 1.82) is 0 Å². The SMILES string of the molecule is CC1(C)C(=O)C=CC2(C)C1C(O)C(O)C1(C)C2CCC2(C)C(c3ccoc3)OC(=O)C3OC321. The van der Waals surface area contributed by atoms with Crippen molar-refractivity contribution in [2.75, 3.05) is 0 Å². The van der Waals surface area contributed by atoms with Crippen molar-refractivity contribution in [3.63, 3.8) is 0 Å². The third-order valence-corrected chi connectivity index (χ3v) is 10.5. The fraction of sp³-hybridized carbons (Fsp3) is 0.692. The van der Waals surface area contributed by atoms with Crippen LogP contribution in [0.1, 0.15) is 59.1 Å². The molecule has 10 atom stereocenters. The molecule has 2 N–H and O–H groups in total. The minimum Gasteiger partial charge on any atom is -0.472 e. The van der Waals surface area contributed by atoms with Gasteiger partial charge in [-0.1, -0.05) is 40.7 Å². The molecule has 33 heavy (non-hydrogen) atoms. The maximum Gasteiger partial charge on any atom is 0.339 e. The topological polar surface area (TPSA) is 110 Å². The van der Waals surface area contributed by atoms with Crippen LogP contribution in [0, 0.1) is 33.5 Å². The van der Waals surface area contributed by atoms with Crippen LogP contribution in [0.4, 0.5) is 0 Å². The molecule has 0 bridgehead atoms. The largest absolute Gasteiger partial charge is 0.472 e. The van der Waals surface area contributed by atoms with Gasteiger partial charge in [0.05, 0.1) is 24.7 Å². The van der Waals surface area contributed by atoms with Crippen LogP contribution in [0.5, 0.6) is 0 Å². The van der Waals surface area contributed by atoms with Gasteiger partial charge in [0.25, 0.3) is 0 Å². The van der Waals surface area contributed by atoms with Gasteiger partial charge in [0, 0.05) is 27.7 Å². The van der Waals surface area contributed by atoms with E-state index >= 15 is 0 Å². The second kappa shape index (κ2) is 5.99. The Morgan fingerprint density at radius 2 is 1.79 bits per heavy atom. The highest BCUT2D eigenvalue weighted by atomic mass is 16.7. The molecule has 7 nitrogen and oxygen atoms in total. The number of carbonyl (C=O) groups is 2. The Morgan fingerprint density at radius 3 is 2.45 bits per heavy atom. The molecule has 3 heterocycles. The number of furan rings is 1. The minimum absolute atomic E-state index is 0.0412. The molecular formula is C26H32O7. The molecule has 2 saturated heterocycles. The smallest absolute Gasteiger partial charge is 0.339 e. The zero-order chi connectivity index (χ0) is 23.8. The van der Waals surface area contributed by atoms with E-state index in [9.17, 15) is 19.8 Å². The average Bonchev–Trinajstić information content (AvgIpc) is 3.32. The summed E-state index contributed by atoms with van der Waals surface area (Å²) >= 11 is 0. The number of ketones is 1. The van der Waals surface area contributed by atoms with Gasteiger partial charge in [-0.2, -0.15) is 0 Å². The van der Waals surface area contributed by atoms with E-state index in [4.69, 9.17) is 13.9 Å². The first-order valence-corrected chi connectivity index (χ1v) is 11.9. The molecule has 1 spiro atoms. The van der Waals surface area contributed by atoms with Crippen molar-refractivity contribution in [2.24, 2.45) is 33.5 Å². The van der Waals surface area contributed by atoms with Gasteiger partial charge in [-0.3, -0.25) is 4.79 Å². The number of epoxide rings is 1. The standard InChI is InChI=1S/C26H32O7/c1-22(2)15(27)7-9-23(3)14-6-10-24(4)19(13-8-11-31-12-13)32-21(30)20-26(24,33-20)25(14,5)18(29)16(28)17(22)23/h7-9,11-12,14,16-20,28-29H,6,10H2,1-5H3. The molecular weight excluding hydrogens is 424 g/mol. The Hall–Kier alpha value is -1.96. The van der Waals surface area contributed by atoms with E-state index in [0.29, 0.717) is 6.42 Å². The summed E-state index contributed by atoms with van der Waals surface area (Å²) in [6, 6.07) is 1.80. The summed E-state index contributed by atoms with van der Waals surface area (Å²) < 4.78 is 17.5. The number of aliphatic hydroxyl groups is 2. The summed E-state index contributed by atoms with van der Waals surface area (Å²) in [6.45, 7) is 9.83. The van der Waals surface area contributed by atoms with Crippen molar-refractivity contribution in [3.05, 3.63) is 36.3 Å². The lowest BCUT2D eigenvalue weighted by Gasteiger charge is -2.69. The van der Waals surface area contributed by atoms with Gasteiger partial charge in [0.15, 0.2) is 11.9 Å². The number of ether oxygens (including phenoxy) is 2. The molecule has 1 aromatic heterocycles. The van der Waals surface area contributed by atoms with Gasteiger partial charge >= 0.3 is 5.97 Å². The third-order valence-electron chi connectivity index (χ3n) is 10.5. The average molecular weight is 457 g/mol. The van der Waals surface area contributed by atoms with Gasteiger partial charge < -0.3 is 24.1 Å². The van der Waals surface area contributed by atoms with Crippen LogP contribution < -0.4 is 0 Å². The minimum atomic E-state index is -1.17. The summed E-state index contributed by atoms with van der Waals surface area (Å²) in [7, 11) is 0. The molecule has 5 aliphatic rings. The van der Waals surface area contributed by atoms with Crippen molar-refractivity contribution in [2.45, 2.75) is 77.5 Å². The number of fused-ring (bicyclic) bond motifs is 3. The lowest BCUT2D eigenvalue weighted by molar-refractivity contribution is -0.277. The van der Waals surface area contributed by atoms with Crippen LogP contribution in [0.25, 0.3) is 0 Å². The Morgan fingerprint density at radius 1 is 1.06 bits per heavy atom. The molecule has 2 saturated carbocycles. The maximum atomic E-state index is 13.1. The van der Waals surface area contributed by atoms with E-state index in [1.165, 1.54) is 0 Å². The zero-order valence-corrected chi connectivity index (χ0v) is 19.7. The molecule has 0 radical (unpaired) electrons. The lowest BCUT2D eigenvalue weighted by Crippen LogP contribution is -2.75. The lowest BCUT2D eigenvalue weighted by atomic mass is 9.35. The monoisotopic (exact) mass is 456 g/mol. The van der Waals surface area contributed by atoms with Crippen LogP contribution in [-0.4, -0.2) is 45.9 Å². The summed E-state index contributed by atoms with van der Waals surface area (Å²) in [5.74, 6) is -1.04. The second-order valence-electron chi connectivity index (χ2n) is 12.1. The van der Waals surface area contributed by atoms with Crippen molar-refractivity contribution < 1.29 is 33.7 Å². The van der Waals surface area contributed by atoms with E-state index in [-0.39, 0.29) is 11.7 Å². The molecule has 0 aromatic carbocycles. The molecule has 10 unspecified atom stereocenters. The van der Waals surface area contributed by atoms with Crippen molar-refractivity contribution >= 4 is 11.8 Å². The van der Waals surface area contributed by atoms with Gasteiger partial charge in [0.1, 0.15) is 11.7 Å². The van der Waals surface area contributed by atoms with Crippen LogP contribution in [-0.2, 0) is 19.1 Å². The van der Waals surface area contributed by atoms with Gasteiger partial charge in [0.2, 0.25) is 0 Å². The highest BCUT2D eigenvalue weighted by molar-refractivity contribution is 5.96. The Bertz CT molecular complexity index is 1070. The fourth-order valence-electron chi connectivity index (χ4n) is 9.06. The molecule has 0 amide bonds. The number of aliphatic hydroxyl groups excluding tert-OH is 2. The zero-order valence-electron chi connectivity index (χ0n) is 19.7. The highest BCUT2D eigenvalue weighted by Crippen LogP contribution is 2.79. The van der Waals surface area contributed by atoms with Gasteiger partial charge in [-0.05, 0) is 36.3 Å². The third kappa shape index (κ3) is 2.10. The predicted octanol–water partition coefficient (Wildman–Crippen LogP) is 2.96. The number of cyclic esters (lactones) is 1. The van der Waals surface area contributed by atoms with E-state index in [1.54, 1.807) is 24.7 Å². The quantitative estimate of drug-likeness (QED) is 0.494. The molecule has 6 rings (SSSR count). The number of allylic oxidation sites excluding steroid dienone is 2. The Kier molecular flexibility index (Phi) is 3.91. The number of esters is 1. The van der Waals surface area contributed by atoms with Crippen LogP contribution in [0.2, 0.25) is 0 Å². The fourth-order valence-corrected chi connectivity index (χ4v) is 9.06. The van der Waals surface area contributed by atoms with E-state index < -0.39 is 63.6 Å². The summed E-state index contributed by atoms with van der Waals surface area (Å²) in [5.41, 5.74) is -3.15. The van der Waals surface area contributed by atoms with Crippen LogP contribution in [0.15, 0.2) is 35.2 Å². The Labute approximate surface area is 193 Å². The second-order valence-corrected chi connectivity index (χ2v) is 12.1. The first-order valence-electron chi connectivity index (χ1n) is 11.9. The first kappa shape index (κ1) is 21.6. The first-order chi connectivity index (χ1) is 15.4. The van der Waals surface area contributed by atoms with Crippen molar-refractivity contribution in [3.8, 4) is 0 Å². The molecule has 178 valence electrons. The van der Waals surface area contributed by atoms with E-state index in [1.807, 2.05) is 26.8 Å². The van der Waals surface area contributed by atoms with Crippen molar-refractivity contribution in [1.82, 2.24) is 0 Å². The normalized spacial score (nSPS) is 53.9. The molecule has 1 aromatic rings. The molecule has 4 fully saturated rings. The number of hydrogen-bond donors (Lipinski definition) is 2. The molecule has 7 heteroatoms. The summed E-state index contributed by atoms with van der Waals surface area (Å²) in [4.78, 5) is 25.9. The number of rotatable bonds is 1. The van der Waals surface area contributed by atoms with E-state index in [0.717, 1.165) is 12.0 Å². The van der Waals surface area contributed by atoms with Gasteiger partial charge in [-0.25, -0.2) is 4.79 Å². The van der Waals surface area contributed by atoms with Crippen LogP contribution in [0.3, 0.4) is 0 Å². The van der Waals surface area contributed by atoms with E-state index in [2.05, 4.69) is 13.8 Å². The maximum absolute atomic E-state index is 13.1. The summed E-state index contributed by atoms with van der Waals surface area (Å²) in [5, 5.41) is 23.4. The number of carbonyl (C=O) groups excluding carboxylic acids is 2. The number of hydrogen-bond acceptors (Lipinski definition) is 7. The molecule has 3 aliphatic carbocycles. The van der Waals surface area contributed by atoms with Crippen LogP contribution >= 0.6 is 0 Å². The van der Waals surface area contributed by atoms with Gasteiger partial charge in [-0.15, -0.1) is 0 Å². The molecule has 2 aliphatic heterocycles. The predicted molar refractivity (Wildman–Crippen MR) is 116 cm³/mol. The Balaban J connectivity index is 1.55.